The Labute approximate surface area is 208 Å². The van der Waals surface area contributed by atoms with E-state index in [1.807, 2.05) is 53.6 Å². The molecular weight excluding hydrogens is 468 g/mol. The van der Waals surface area contributed by atoms with E-state index in [2.05, 4.69) is 16.4 Å². The van der Waals surface area contributed by atoms with Crippen LogP contribution < -0.4 is 10.2 Å². The number of hydrogen-bond acceptors (Lipinski definition) is 4. The van der Waals surface area contributed by atoms with Crippen molar-refractivity contribution in [1.82, 2.24) is 14.9 Å². The van der Waals surface area contributed by atoms with Crippen molar-refractivity contribution >= 4 is 34.6 Å². The fourth-order valence-electron chi connectivity index (χ4n) is 4.73. The smallest absolute Gasteiger partial charge is 0.174 e. The van der Waals surface area contributed by atoms with Crippen LogP contribution in [0.3, 0.4) is 0 Å². The lowest BCUT2D eigenvalue weighted by molar-refractivity contribution is 0.471. The Balaban J connectivity index is 1.72. The van der Waals surface area contributed by atoms with Crippen LogP contribution in [-0.4, -0.2) is 24.9 Å². The Hall–Kier alpha value is -3.55. The average Bonchev–Trinajstić information content (AvgIpc) is 3.32. The van der Waals surface area contributed by atoms with Crippen LogP contribution in [0.4, 0.5) is 5.69 Å². The fraction of sp³-hybridized carbons (Fsp3) is 0.154. The first kappa shape index (κ1) is 22.3. The number of phenols is 2. The Kier molecular flexibility index (Phi) is 5.67. The number of nitrogens with zero attached hydrogens (tertiary/aromatic N) is 3. The molecule has 3 heterocycles. The van der Waals surface area contributed by atoms with Gasteiger partial charge in [0, 0.05) is 22.6 Å². The van der Waals surface area contributed by atoms with Crippen LogP contribution >= 0.6 is 23.8 Å². The third kappa shape index (κ3) is 3.67. The van der Waals surface area contributed by atoms with Crippen molar-refractivity contribution in [2.45, 2.75) is 25.9 Å². The van der Waals surface area contributed by atoms with Gasteiger partial charge in [-0.15, -0.1) is 0 Å². The number of thiocarbonyl (C=S) groups is 1. The molecule has 1 aliphatic rings. The van der Waals surface area contributed by atoms with E-state index in [4.69, 9.17) is 23.8 Å². The third-order valence-corrected chi connectivity index (χ3v) is 6.76. The quantitative estimate of drug-likeness (QED) is 0.317. The molecule has 0 bridgehead atoms. The first-order valence-electron chi connectivity index (χ1n) is 10.8. The van der Waals surface area contributed by atoms with Gasteiger partial charge in [0.2, 0.25) is 0 Å². The summed E-state index contributed by atoms with van der Waals surface area (Å²) >= 11 is 12.1. The summed E-state index contributed by atoms with van der Waals surface area (Å²) in [5.41, 5.74) is 4.93. The van der Waals surface area contributed by atoms with Crippen molar-refractivity contribution in [3.8, 4) is 17.2 Å². The summed E-state index contributed by atoms with van der Waals surface area (Å²) in [6.45, 7) is 4.02. The monoisotopic (exact) mass is 490 g/mol. The van der Waals surface area contributed by atoms with E-state index >= 15 is 0 Å². The number of rotatable bonds is 4. The van der Waals surface area contributed by atoms with E-state index in [1.165, 1.54) is 0 Å². The van der Waals surface area contributed by atoms with Crippen LogP contribution in [0.1, 0.15) is 34.7 Å². The molecule has 1 aliphatic heterocycles. The molecule has 2 atom stereocenters. The number of benzene rings is 2. The zero-order valence-electron chi connectivity index (χ0n) is 18.6. The highest BCUT2D eigenvalue weighted by molar-refractivity contribution is 7.80. The molecule has 2 aromatic carbocycles. The molecule has 1 fully saturated rings. The van der Waals surface area contributed by atoms with Gasteiger partial charge in [0.1, 0.15) is 11.5 Å². The van der Waals surface area contributed by atoms with Gasteiger partial charge in [0.25, 0.3) is 0 Å². The Morgan fingerprint density at radius 1 is 0.941 bits per heavy atom. The van der Waals surface area contributed by atoms with Gasteiger partial charge in [0.15, 0.2) is 5.11 Å². The molecule has 0 radical (unpaired) electrons. The van der Waals surface area contributed by atoms with E-state index < -0.39 is 0 Å². The summed E-state index contributed by atoms with van der Waals surface area (Å²) in [6, 6.07) is 19.4. The molecule has 0 unspecified atom stereocenters. The Bertz CT molecular complexity index is 1390. The lowest BCUT2D eigenvalue weighted by Crippen LogP contribution is -2.29. The van der Waals surface area contributed by atoms with Crippen molar-refractivity contribution < 1.29 is 10.2 Å². The van der Waals surface area contributed by atoms with Gasteiger partial charge in [-0.3, -0.25) is 4.98 Å². The maximum atomic E-state index is 10.7. The van der Waals surface area contributed by atoms with Crippen molar-refractivity contribution in [1.29, 1.82) is 0 Å². The van der Waals surface area contributed by atoms with Gasteiger partial charge >= 0.3 is 0 Å². The minimum Gasteiger partial charge on any atom is -0.506 e. The lowest BCUT2D eigenvalue weighted by atomic mass is 9.96. The number of aromatic hydroxyl groups is 2. The Morgan fingerprint density at radius 3 is 2.41 bits per heavy atom. The molecule has 1 saturated heterocycles. The summed E-state index contributed by atoms with van der Waals surface area (Å²) in [6.07, 6.45) is 1.75. The maximum Gasteiger partial charge on any atom is 0.174 e. The second-order valence-corrected chi connectivity index (χ2v) is 9.10. The molecule has 3 N–H and O–H groups in total. The number of anilines is 1. The molecule has 8 heteroatoms. The van der Waals surface area contributed by atoms with Crippen LogP contribution in [0.5, 0.6) is 11.5 Å². The van der Waals surface area contributed by atoms with Crippen molar-refractivity contribution in [2.24, 2.45) is 0 Å². The van der Waals surface area contributed by atoms with Crippen molar-refractivity contribution in [3.63, 3.8) is 0 Å². The lowest BCUT2D eigenvalue weighted by Gasteiger charge is -2.28. The number of aryl methyl sites for hydroxylation is 1. The van der Waals surface area contributed by atoms with E-state index in [-0.39, 0.29) is 23.6 Å². The average molecular weight is 491 g/mol. The summed E-state index contributed by atoms with van der Waals surface area (Å²) < 4.78 is 2.03. The zero-order valence-corrected chi connectivity index (χ0v) is 20.2. The molecule has 4 aromatic rings. The normalized spacial score (nSPS) is 17.7. The topological polar surface area (TPSA) is 73.5 Å². The minimum atomic E-state index is -0.322. The largest absolute Gasteiger partial charge is 0.506 e. The molecule has 0 spiro atoms. The molecule has 172 valence electrons. The van der Waals surface area contributed by atoms with Crippen LogP contribution in [0.2, 0.25) is 5.02 Å². The highest BCUT2D eigenvalue weighted by atomic mass is 35.5. The summed E-state index contributed by atoms with van der Waals surface area (Å²) in [5.74, 6) is 0.274. The van der Waals surface area contributed by atoms with Crippen molar-refractivity contribution in [3.05, 3.63) is 101 Å². The van der Waals surface area contributed by atoms with E-state index in [0.29, 0.717) is 21.5 Å². The molecule has 0 saturated carbocycles. The number of nitrogens with one attached hydrogen (secondary N) is 1. The van der Waals surface area contributed by atoms with Gasteiger partial charge in [0.05, 0.1) is 29.2 Å². The third-order valence-electron chi connectivity index (χ3n) is 6.21. The number of para-hydroxylation sites is 2. The fourth-order valence-corrected chi connectivity index (χ4v) is 5.24. The zero-order chi connectivity index (χ0) is 24.0. The first-order valence-corrected chi connectivity index (χ1v) is 11.6. The number of phenolic OH excluding ortho intramolecular Hbond substituents is 2. The number of pyridine rings is 1. The van der Waals surface area contributed by atoms with Gasteiger partial charge < -0.3 is 25.0 Å². The minimum absolute atomic E-state index is 0.0785. The highest BCUT2D eigenvalue weighted by Crippen LogP contribution is 2.46. The molecular formula is C26H23ClN4O2S. The number of hydrogen-bond donors (Lipinski definition) is 3. The molecule has 34 heavy (non-hydrogen) atoms. The van der Waals surface area contributed by atoms with Gasteiger partial charge in [-0.25, -0.2) is 0 Å². The molecule has 6 nitrogen and oxygen atoms in total. The van der Waals surface area contributed by atoms with Crippen LogP contribution in [0, 0.1) is 13.8 Å². The molecule has 0 amide bonds. The van der Waals surface area contributed by atoms with E-state index in [0.717, 1.165) is 22.6 Å². The summed E-state index contributed by atoms with van der Waals surface area (Å²) in [7, 11) is 0. The van der Waals surface area contributed by atoms with Gasteiger partial charge in [-0.05, 0) is 80.2 Å². The van der Waals surface area contributed by atoms with Gasteiger partial charge in [-0.1, -0.05) is 29.8 Å². The maximum absolute atomic E-state index is 10.7. The number of halogens is 1. The molecule has 5 rings (SSSR count). The van der Waals surface area contributed by atoms with Gasteiger partial charge in [-0.2, -0.15) is 0 Å². The number of aromatic nitrogens is 2. The predicted octanol–water partition coefficient (Wildman–Crippen LogP) is 5.73. The Morgan fingerprint density at radius 2 is 1.68 bits per heavy atom. The first-order chi connectivity index (χ1) is 16.4. The molecule has 0 aliphatic carbocycles. The standard InChI is InChI=1S/C26H23ClN4O2S/c1-15-13-18(16(2)30(15)20-8-3-4-9-22(20)32)25-24(19-7-5-6-12-28-19)29-26(34)31(25)21-14-17(27)10-11-23(21)33/h3-14,24-25,32-33H,1-2H3,(H,29,34)/t24-,25-/m0/s1. The SMILES string of the molecule is Cc1cc([C@H]2[C@H](c3ccccn3)NC(=S)N2c2cc(Cl)ccc2O)c(C)n1-c1ccccc1O. The second-order valence-electron chi connectivity index (χ2n) is 8.28. The van der Waals surface area contributed by atoms with E-state index in [1.54, 1.807) is 36.5 Å². The predicted molar refractivity (Wildman–Crippen MR) is 138 cm³/mol. The van der Waals surface area contributed by atoms with Crippen LogP contribution in [0.25, 0.3) is 5.69 Å². The van der Waals surface area contributed by atoms with Crippen molar-refractivity contribution in [2.75, 3.05) is 4.90 Å². The van der Waals surface area contributed by atoms with E-state index in [9.17, 15) is 10.2 Å². The highest BCUT2D eigenvalue weighted by Gasteiger charge is 2.43. The summed E-state index contributed by atoms with van der Waals surface area (Å²) in [4.78, 5) is 6.48. The molecule has 2 aromatic heterocycles. The second kappa shape index (κ2) is 8.66. The van der Waals surface area contributed by atoms with Crippen LogP contribution in [-0.2, 0) is 0 Å². The summed E-state index contributed by atoms with van der Waals surface area (Å²) in [5, 5.41) is 25.6. The van der Waals surface area contributed by atoms with Crippen LogP contribution in [0.15, 0.2) is 72.9 Å².